The van der Waals surface area contributed by atoms with Gasteiger partial charge in [-0.2, -0.15) is 0 Å². The number of aryl methyl sites for hydroxylation is 1. The molecule has 0 bridgehead atoms. The van der Waals surface area contributed by atoms with Gasteiger partial charge in [0.25, 0.3) is 0 Å². The molecule has 0 aliphatic carbocycles. The second kappa shape index (κ2) is 7.06. The molecule has 2 nitrogen and oxygen atoms in total. The SMILES string of the molecule is CC(C)(C)[Si](C)(C)OCCC[C@H]1CCc2cc(Br)ccc2O1. The summed E-state index contributed by atoms with van der Waals surface area (Å²) in [5.41, 5.74) is 1.32. The minimum absolute atomic E-state index is 0.292. The molecule has 1 aliphatic rings. The number of halogens is 1. The van der Waals surface area contributed by atoms with Crippen LogP contribution in [0.4, 0.5) is 0 Å². The van der Waals surface area contributed by atoms with E-state index in [0.717, 1.165) is 42.5 Å². The molecule has 1 atom stereocenters. The van der Waals surface area contributed by atoms with Crippen LogP contribution >= 0.6 is 15.9 Å². The van der Waals surface area contributed by atoms with Crippen molar-refractivity contribution in [1.29, 1.82) is 0 Å². The summed E-state index contributed by atoms with van der Waals surface area (Å²) in [5.74, 6) is 1.06. The first kappa shape index (κ1) is 18.0. The molecule has 2 rings (SSSR count). The van der Waals surface area contributed by atoms with Gasteiger partial charge in [-0.1, -0.05) is 36.7 Å². The molecule has 0 fully saturated rings. The van der Waals surface area contributed by atoms with Crippen molar-refractivity contribution in [3.05, 3.63) is 28.2 Å². The Morgan fingerprint density at radius 1 is 1.32 bits per heavy atom. The van der Waals surface area contributed by atoms with Crippen LogP contribution in [0.25, 0.3) is 0 Å². The fraction of sp³-hybridized carbons (Fsp3) is 0.667. The molecular weight excluding hydrogens is 356 g/mol. The highest BCUT2D eigenvalue weighted by Crippen LogP contribution is 2.37. The van der Waals surface area contributed by atoms with E-state index in [1.54, 1.807) is 0 Å². The van der Waals surface area contributed by atoms with Crippen LogP contribution in [0.15, 0.2) is 22.7 Å². The van der Waals surface area contributed by atoms with Gasteiger partial charge in [-0.3, -0.25) is 0 Å². The van der Waals surface area contributed by atoms with Gasteiger partial charge in [0.05, 0.1) is 6.10 Å². The van der Waals surface area contributed by atoms with Gasteiger partial charge >= 0.3 is 0 Å². The average Bonchev–Trinajstić information content (AvgIpc) is 2.42. The predicted molar refractivity (Wildman–Crippen MR) is 99.3 cm³/mol. The van der Waals surface area contributed by atoms with Crippen molar-refractivity contribution in [3.63, 3.8) is 0 Å². The third-order valence-corrected chi connectivity index (χ3v) is 10.0. The summed E-state index contributed by atoms with van der Waals surface area (Å²) in [7, 11) is -1.60. The van der Waals surface area contributed by atoms with E-state index in [9.17, 15) is 0 Å². The fourth-order valence-electron chi connectivity index (χ4n) is 2.47. The highest BCUT2D eigenvalue weighted by atomic mass is 79.9. The first-order valence-corrected chi connectivity index (χ1v) is 12.0. The molecule has 0 spiro atoms. The Morgan fingerprint density at radius 2 is 2.05 bits per heavy atom. The topological polar surface area (TPSA) is 18.5 Å². The molecule has 1 heterocycles. The van der Waals surface area contributed by atoms with Crippen LogP contribution < -0.4 is 4.74 Å². The third kappa shape index (κ3) is 4.59. The van der Waals surface area contributed by atoms with E-state index >= 15 is 0 Å². The molecule has 124 valence electrons. The quantitative estimate of drug-likeness (QED) is 0.461. The normalized spacial score (nSPS) is 18.7. The van der Waals surface area contributed by atoms with E-state index in [1.807, 2.05) is 0 Å². The maximum Gasteiger partial charge on any atom is 0.191 e. The number of benzene rings is 1. The van der Waals surface area contributed by atoms with Gasteiger partial charge in [-0.05, 0) is 67.6 Å². The Morgan fingerprint density at radius 3 is 2.73 bits per heavy atom. The lowest BCUT2D eigenvalue weighted by Gasteiger charge is -2.36. The first-order chi connectivity index (χ1) is 10.2. The van der Waals surface area contributed by atoms with Crippen molar-refractivity contribution in [3.8, 4) is 5.75 Å². The number of fused-ring (bicyclic) bond motifs is 1. The third-order valence-electron chi connectivity index (χ3n) is 4.99. The summed E-state index contributed by atoms with van der Waals surface area (Å²) < 4.78 is 13.5. The standard InChI is InChI=1S/C18H29BrO2Si/c1-18(2,3)22(4,5)20-12-6-7-16-10-8-14-13-15(19)9-11-17(14)21-16/h9,11,13,16H,6-8,10,12H2,1-5H3/t16-/m0/s1. The molecule has 1 aliphatic heterocycles. The molecule has 1 aromatic rings. The van der Waals surface area contributed by atoms with E-state index < -0.39 is 8.32 Å². The molecule has 0 amide bonds. The van der Waals surface area contributed by atoms with Gasteiger partial charge in [0.2, 0.25) is 0 Å². The Kier molecular flexibility index (Phi) is 5.78. The Hall–Kier alpha value is -0.323. The minimum Gasteiger partial charge on any atom is -0.490 e. The van der Waals surface area contributed by atoms with Crippen molar-refractivity contribution in [2.75, 3.05) is 6.61 Å². The summed E-state index contributed by atoms with van der Waals surface area (Å²) in [6, 6.07) is 6.31. The molecule has 0 aromatic heterocycles. The summed E-state index contributed by atoms with van der Waals surface area (Å²) in [4.78, 5) is 0. The highest BCUT2D eigenvalue weighted by Gasteiger charge is 2.36. The molecule has 0 radical (unpaired) electrons. The zero-order valence-corrected chi connectivity index (χ0v) is 17.1. The lowest BCUT2D eigenvalue weighted by atomic mass is 10.00. The summed E-state index contributed by atoms with van der Waals surface area (Å²) in [6.07, 6.45) is 4.75. The van der Waals surface area contributed by atoms with Gasteiger partial charge in [0.15, 0.2) is 8.32 Å². The smallest absolute Gasteiger partial charge is 0.191 e. The van der Waals surface area contributed by atoms with Crippen molar-refractivity contribution in [2.45, 2.75) is 70.7 Å². The van der Waals surface area contributed by atoms with Crippen LogP contribution in [0.1, 0.15) is 45.6 Å². The Bertz CT molecular complexity index is 508. The summed E-state index contributed by atoms with van der Waals surface area (Å²) in [5, 5.41) is 0.292. The van der Waals surface area contributed by atoms with Gasteiger partial charge in [0, 0.05) is 11.1 Å². The number of hydrogen-bond donors (Lipinski definition) is 0. The van der Waals surface area contributed by atoms with Crippen molar-refractivity contribution < 1.29 is 9.16 Å². The second-order valence-electron chi connectivity index (χ2n) is 7.78. The molecule has 0 saturated heterocycles. The molecule has 0 N–H and O–H groups in total. The van der Waals surface area contributed by atoms with Gasteiger partial charge in [-0.25, -0.2) is 0 Å². The summed E-state index contributed by atoms with van der Waals surface area (Å²) in [6.45, 7) is 12.4. The highest BCUT2D eigenvalue weighted by molar-refractivity contribution is 9.10. The predicted octanol–water partition coefficient (Wildman–Crippen LogP) is 5.94. The molecule has 1 aromatic carbocycles. The zero-order valence-electron chi connectivity index (χ0n) is 14.5. The van der Waals surface area contributed by atoms with Crippen LogP contribution in [0.3, 0.4) is 0 Å². The molecule has 0 unspecified atom stereocenters. The van der Waals surface area contributed by atoms with Crippen molar-refractivity contribution in [1.82, 2.24) is 0 Å². The maximum absolute atomic E-state index is 6.25. The monoisotopic (exact) mass is 384 g/mol. The van der Waals surface area contributed by atoms with Gasteiger partial charge in [0.1, 0.15) is 5.75 Å². The lowest BCUT2D eigenvalue weighted by molar-refractivity contribution is 0.151. The fourth-order valence-corrected chi connectivity index (χ4v) is 3.97. The molecule has 22 heavy (non-hydrogen) atoms. The molecule has 0 saturated carbocycles. The van der Waals surface area contributed by atoms with E-state index in [-0.39, 0.29) is 0 Å². The average molecular weight is 385 g/mol. The Balaban J connectivity index is 1.76. The maximum atomic E-state index is 6.25. The molecule has 4 heteroatoms. The number of rotatable bonds is 5. The van der Waals surface area contributed by atoms with Gasteiger partial charge in [-0.15, -0.1) is 0 Å². The zero-order chi connectivity index (χ0) is 16.4. The van der Waals surface area contributed by atoms with E-state index in [1.165, 1.54) is 5.56 Å². The minimum atomic E-state index is -1.60. The van der Waals surface area contributed by atoms with Crippen LogP contribution in [0, 0.1) is 0 Å². The van der Waals surface area contributed by atoms with E-state index in [0.29, 0.717) is 11.1 Å². The van der Waals surface area contributed by atoms with E-state index in [2.05, 4.69) is 68.0 Å². The number of hydrogen-bond acceptors (Lipinski definition) is 2. The van der Waals surface area contributed by atoms with Crippen LogP contribution in [-0.4, -0.2) is 21.0 Å². The second-order valence-corrected chi connectivity index (χ2v) is 13.5. The van der Waals surface area contributed by atoms with Crippen LogP contribution in [0.5, 0.6) is 5.75 Å². The molecular formula is C18H29BrO2Si. The largest absolute Gasteiger partial charge is 0.490 e. The van der Waals surface area contributed by atoms with Crippen LogP contribution in [-0.2, 0) is 10.8 Å². The summed E-state index contributed by atoms with van der Waals surface area (Å²) >= 11 is 3.52. The van der Waals surface area contributed by atoms with Crippen molar-refractivity contribution >= 4 is 24.2 Å². The van der Waals surface area contributed by atoms with Crippen molar-refractivity contribution in [2.24, 2.45) is 0 Å². The van der Waals surface area contributed by atoms with Gasteiger partial charge < -0.3 is 9.16 Å². The lowest BCUT2D eigenvalue weighted by Crippen LogP contribution is -2.41. The van der Waals surface area contributed by atoms with Crippen LogP contribution in [0.2, 0.25) is 18.1 Å². The van der Waals surface area contributed by atoms with E-state index in [4.69, 9.17) is 9.16 Å². The number of ether oxygens (including phenoxy) is 1. The first-order valence-electron chi connectivity index (χ1n) is 8.28. The Labute approximate surface area is 144 Å².